The van der Waals surface area contributed by atoms with Crippen LogP contribution in [0.2, 0.25) is 0 Å². The van der Waals surface area contributed by atoms with Crippen LogP contribution in [-0.4, -0.2) is 31.1 Å². The first-order valence-electron chi connectivity index (χ1n) is 4.55. The van der Waals surface area contributed by atoms with Gasteiger partial charge in [-0.3, -0.25) is 9.80 Å². The Kier molecular flexibility index (Phi) is 3.74. The van der Waals surface area contributed by atoms with Crippen LogP contribution in [-0.2, 0) is 11.4 Å². The molecule has 0 unspecified atom stereocenters. The van der Waals surface area contributed by atoms with Crippen molar-refractivity contribution in [1.82, 2.24) is 5.01 Å². The smallest absolute Gasteiger partial charge is 0.262 e. The van der Waals surface area contributed by atoms with Gasteiger partial charge in [0, 0.05) is 19.7 Å². The van der Waals surface area contributed by atoms with Crippen LogP contribution in [0.15, 0.2) is 24.3 Å². The molecule has 0 aliphatic heterocycles. The lowest BCUT2D eigenvalue weighted by Crippen LogP contribution is -2.41. The molecule has 5 heteroatoms. The highest BCUT2D eigenvalue weighted by molar-refractivity contribution is 6.18. The molecule has 2 radical (unpaired) electrons. The predicted octanol–water partition coefficient (Wildman–Crippen LogP) is 0.462. The van der Waals surface area contributed by atoms with Gasteiger partial charge in [0.2, 0.25) is 5.91 Å². The maximum atomic E-state index is 11.0. The Bertz CT molecular complexity index is 340. The summed E-state index contributed by atoms with van der Waals surface area (Å²) in [6.45, 7) is 1.43. The first-order valence-corrected chi connectivity index (χ1v) is 4.55. The molecule has 0 saturated carbocycles. The summed E-state index contributed by atoms with van der Waals surface area (Å²) >= 11 is 0. The molecule has 0 aliphatic carbocycles. The number of benzene rings is 1. The second-order valence-corrected chi connectivity index (χ2v) is 3.21. The van der Waals surface area contributed by atoms with E-state index in [1.54, 1.807) is 31.3 Å². The number of hydrogen-bond donors (Lipinski definition) is 1. The van der Waals surface area contributed by atoms with E-state index in [9.17, 15) is 4.79 Å². The maximum Gasteiger partial charge on any atom is 0.262 e. The quantitative estimate of drug-likeness (QED) is 0.574. The van der Waals surface area contributed by atoms with Crippen LogP contribution in [0, 0.1) is 0 Å². The van der Waals surface area contributed by atoms with Gasteiger partial charge in [0.05, 0.1) is 6.61 Å². The summed E-state index contributed by atoms with van der Waals surface area (Å²) in [5.74, 6) is -0.149. The zero-order chi connectivity index (χ0) is 11.4. The third-order valence-electron chi connectivity index (χ3n) is 2.16. The highest BCUT2D eigenvalue weighted by atomic mass is 16.3. The normalized spacial score (nSPS) is 9.80. The van der Waals surface area contributed by atoms with E-state index in [1.165, 1.54) is 16.9 Å². The first-order chi connectivity index (χ1) is 7.06. The minimum atomic E-state index is -0.149. The Morgan fingerprint density at radius 3 is 2.33 bits per heavy atom. The van der Waals surface area contributed by atoms with Gasteiger partial charge in [0.1, 0.15) is 0 Å². The van der Waals surface area contributed by atoms with Crippen LogP contribution in [0.3, 0.4) is 0 Å². The number of aliphatic hydroxyl groups is 1. The van der Waals surface area contributed by atoms with Crippen molar-refractivity contribution in [3.05, 3.63) is 29.8 Å². The number of carbonyl (C=O) groups excluding carboxylic acids is 1. The summed E-state index contributed by atoms with van der Waals surface area (Å²) in [6.07, 6.45) is 0. The van der Waals surface area contributed by atoms with E-state index in [1.807, 2.05) is 0 Å². The summed E-state index contributed by atoms with van der Waals surface area (Å²) < 4.78 is 0. The number of hydrogen-bond acceptors (Lipinski definition) is 3. The zero-order valence-corrected chi connectivity index (χ0v) is 8.84. The average molecular weight is 204 g/mol. The van der Waals surface area contributed by atoms with E-state index in [0.717, 1.165) is 5.56 Å². The monoisotopic (exact) mass is 204 g/mol. The molecular formula is C10H13BN2O2. The SMILES string of the molecule is [B]N(c1ccc(CO)cc1)N(C)C(C)=O. The molecule has 0 fully saturated rings. The summed E-state index contributed by atoms with van der Waals surface area (Å²) in [6, 6.07) is 6.99. The van der Waals surface area contributed by atoms with Gasteiger partial charge in [-0.05, 0) is 17.7 Å². The summed E-state index contributed by atoms with van der Waals surface area (Å²) in [7, 11) is 7.29. The van der Waals surface area contributed by atoms with Crippen molar-refractivity contribution in [3.8, 4) is 0 Å². The average Bonchev–Trinajstić information content (AvgIpc) is 2.27. The number of anilines is 1. The van der Waals surface area contributed by atoms with Gasteiger partial charge in [-0.1, -0.05) is 12.1 Å². The molecule has 4 nitrogen and oxygen atoms in total. The van der Waals surface area contributed by atoms with E-state index < -0.39 is 0 Å². The van der Waals surface area contributed by atoms with Crippen LogP contribution in [0.1, 0.15) is 12.5 Å². The van der Waals surface area contributed by atoms with E-state index >= 15 is 0 Å². The number of amides is 1. The van der Waals surface area contributed by atoms with Gasteiger partial charge in [0.15, 0.2) is 0 Å². The van der Waals surface area contributed by atoms with Crippen LogP contribution < -0.4 is 4.92 Å². The fourth-order valence-electron chi connectivity index (χ4n) is 1.08. The molecule has 1 aromatic carbocycles. The number of nitrogens with zero attached hydrogens (tertiary/aromatic N) is 2. The third-order valence-corrected chi connectivity index (χ3v) is 2.16. The molecule has 0 spiro atoms. The van der Waals surface area contributed by atoms with E-state index in [-0.39, 0.29) is 12.5 Å². The minimum Gasteiger partial charge on any atom is -0.392 e. The highest BCUT2D eigenvalue weighted by Gasteiger charge is 2.08. The van der Waals surface area contributed by atoms with Crippen molar-refractivity contribution in [2.75, 3.05) is 12.0 Å². The molecule has 78 valence electrons. The summed E-state index contributed by atoms with van der Waals surface area (Å²) in [5.41, 5.74) is 1.49. The molecule has 1 amide bonds. The van der Waals surface area contributed by atoms with Crippen LogP contribution in [0.25, 0.3) is 0 Å². The fourth-order valence-corrected chi connectivity index (χ4v) is 1.08. The third kappa shape index (κ3) is 2.73. The Morgan fingerprint density at radius 2 is 1.93 bits per heavy atom. The molecule has 1 rings (SSSR count). The molecule has 1 N–H and O–H groups in total. The summed E-state index contributed by atoms with van der Waals surface area (Å²) in [5, 5.41) is 10.2. The summed E-state index contributed by atoms with van der Waals surface area (Å²) in [4.78, 5) is 12.3. The van der Waals surface area contributed by atoms with Gasteiger partial charge in [-0.2, -0.15) is 0 Å². The second kappa shape index (κ2) is 4.84. The number of aliphatic hydroxyl groups excluding tert-OH is 1. The minimum absolute atomic E-state index is 0.00655. The van der Waals surface area contributed by atoms with Gasteiger partial charge in [-0.15, -0.1) is 0 Å². The second-order valence-electron chi connectivity index (χ2n) is 3.21. The number of carbonyl (C=O) groups is 1. The largest absolute Gasteiger partial charge is 0.392 e. The highest BCUT2D eigenvalue weighted by Crippen LogP contribution is 2.14. The standard InChI is InChI=1S/C10H13BN2O2/c1-8(15)12(2)13(11)10-5-3-9(7-14)4-6-10/h3-6,14H,7H2,1-2H3. The van der Waals surface area contributed by atoms with Gasteiger partial charge in [0.25, 0.3) is 7.98 Å². The molecule has 0 heterocycles. The molecule has 0 aliphatic rings. The molecule has 1 aromatic rings. The van der Waals surface area contributed by atoms with Crippen LogP contribution in [0.5, 0.6) is 0 Å². The van der Waals surface area contributed by atoms with Crippen molar-refractivity contribution in [2.45, 2.75) is 13.5 Å². The van der Waals surface area contributed by atoms with Gasteiger partial charge in [-0.25, -0.2) is 0 Å². The van der Waals surface area contributed by atoms with Crippen LogP contribution >= 0.6 is 0 Å². The topological polar surface area (TPSA) is 43.8 Å². The van der Waals surface area contributed by atoms with Crippen molar-refractivity contribution in [2.24, 2.45) is 0 Å². The van der Waals surface area contributed by atoms with Crippen molar-refractivity contribution in [3.63, 3.8) is 0 Å². The first kappa shape index (κ1) is 11.6. The Labute approximate surface area is 90.5 Å². The van der Waals surface area contributed by atoms with Gasteiger partial charge < -0.3 is 10.0 Å². The lowest BCUT2D eigenvalue weighted by Gasteiger charge is -2.30. The van der Waals surface area contributed by atoms with E-state index in [4.69, 9.17) is 13.1 Å². The van der Waals surface area contributed by atoms with Crippen molar-refractivity contribution >= 4 is 19.6 Å². The molecule has 15 heavy (non-hydrogen) atoms. The van der Waals surface area contributed by atoms with E-state index in [2.05, 4.69) is 0 Å². The van der Waals surface area contributed by atoms with Crippen molar-refractivity contribution < 1.29 is 9.90 Å². The molecule has 0 aromatic heterocycles. The predicted molar refractivity (Wildman–Crippen MR) is 59.0 cm³/mol. The van der Waals surface area contributed by atoms with Gasteiger partial charge >= 0.3 is 0 Å². The van der Waals surface area contributed by atoms with Crippen molar-refractivity contribution in [1.29, 1.82) is 0 Å². The lowest BCUT2D eigenvalue weighted by atomic mass is 10.2. The lowest BCUT2D eigenvalue weighted by molar-refractivity contribution is -0.127. The van der Waals surface area contributed by atoms with E-state index in [0.29, 0.717) is 5.69 Å². The fraction of sp³-hybridized carbons (Fsp3) is 0.300. The Balaban J connectivity index is 2.82. The molecule has 0 atom stereocenters. The Hall–Kier alpha value is -1.49. The number of rotatable bonds is 3. The molecule has 0 saturated heterocycles. The molecular weight excluding hydrogens is 191 g/mol. The zero-order valence-electron chi connectivity index (χ0n) is 8.84. The van der Waals surface area contributed by atoms with Crippen LogP contribution in [0.4, 0.5) is 5.69 Å². The Morgan fingerprint density at radius 1 is 1.40 bits per heavy atom. The number of hydrazine groups is 1. The molecule has 0 bridgehead atoms. The maximum absolute atomic E-state index is 11.0.